The summed E-state index contributed by atoms with van der Waals surface area (Å²) in [6.07, 6.45) is 3.54. The molecule has 5 amide bonds. The van der Waals surface area contributed by atoms with Gasteiger partial charge in [0.15, 0.2) is 11.5 Å². The van der Waals surface area contributed by atoms with Gasteiger partial charge in [0.1, 0.15) is 30.3 Å². The number of hydrogen-bond acceptors (Lipinski definition) is 7. The first-order chi connectivity index (χ1) is 16.3. The van der Waals surface area contributed by atoms with Gasteiger partial charge in [-0.3, -0.25) is 19.3 Å². The number of urea groups is 1. The van der Waals surface area contributed by atoms with Gasteiger partial charge in [0.25, 0.3) is 11.8 Å². The van der Waals surface area contributed by atoms with Gasteiger partial charge in [0.05, 0.1) is 5.56 Å². The molecule has 10 nitrogen and oxygen atoms in total. The van der Waals surface area contributed by atoms with Crippen molar-refractivity contribution in [2.75, 3.05) is 25.1 Å². The smallest absolute Gasteiger partial charge is 0.325 e. The first-order valence-electron chi connectivity index (χ1n) is 11.1. The van der Waals surface area contributed by atoms with Crippen LogP contribution in [-0.2, 0) is 28.0 Å². The molecule has 1 atom stereocenters. The fourth-order valence-electron chi connectivity index (χ4n) is 4.61. The second-order valence-corrected chi connectivity index (χ2v) is 9.74. The Bertz CT molecular complexity index is 1220. The van der Waals surface area contributed by atoms with Gasteiger partial charge >= 0.3 is 6.03 Å². The van der Waals surface area contributed by atoms with Crippen LogP contribution in [-0.4, -0.2) is 48.4 Å². The Labute approximate surface area is 199 Å². The summed E-state index contributed by atoms with van der Waals surface area (Å²) in [6, 6.07) is 4.35. The summed E-state index contributed by atoms with van der Waals surface area (Å²) in [5.41, 5.74) is 5.94. The molecule has 4 N–H and O–H groups in total. The Morgan fingerprint density at radius 1 is 1.18 bits per heavy atom. The second kappa shape index (κ2) is 8.32. The highest BCUT2D eigenvalue weighted by molar-refractivity contribution is 7.17. The summed E-state index contributed by atoms with van der Waals surface area (Å²) in [5.74, 6) is -0.698. The van der Waals surface area contributed by atoms with E-state index in [1.165, 1.54) is 11.3 Å². The Kier molecular flexibility index (Phi) is 5.43. The summed E-state index contributed by atoms with van der Waals surface area (Å²) in [6.45, 7) is 1.91. The molecule has 1 aliphatic carbocycles. The maximum atomic E-state index is 13.2. The number of carbonyl (C=O) groups is 4. The summed E-state index contributed by atoms with van der Waals surface area (Å²) in [7, 11) is 0. The van der Waals surface area contributed by atoms with Crippen LogP contribution in [0.15, 0.2) is 18.2 Å². The lowest BCUT2D eigenvalue weighted by atomic mass is 9.91. The minimum Gasteiger partial charge on any atom is -0.486 e. The Morgan fingerprint density at radius 3 is 2.68 bits per heavy atom. The molecular weight excluding hydrogens is 460 g/mol. The van der Waals surface area contributed by atoms with Crippen LogP contribution in [0.25, 0.3) is 0 Å². The summed E-state index contributed by atoms with van der Waals surface area (Å²) in [5, 5.41) is 5.74. The minimum absolute atomic E-state index is 0.325. The number of aryl methyl sites for hydroxylation is 1. The van der Waals surface area contributed by atoms with Crippen LogP contribution < -0.4 is 25.8 Å². The van der Waals surface area contributed by atoms with E-state index in [2.05, 4.69) is 10.6 Å². The highest BCUT2D eigenvalue weighted by atomic mass is 32.1. The van der Waals surface area contributed by atoms with Crippen molar-refractivity contribution in [2.45, 2.75) is 38.1 Å². The summed E-state index contributed by atoms with van der Waals surface area (Å²) < 4.78 is 11.1. The number of rotatable bonds is 5. The van der Waals surface area contributed by atoms with E-state index in [1.54, 1.807) is 25.1 Å². The van der Waals surface area contributed by atoms with Crippen LogP contribution in [0.5, 0.6) is 11.5 Å². The van der Waals surface area contributed by atoms with E-state index in [4.69, 9.17) is 15.2 Å². The SMILES string of the molecule is C[C@@]1(c2ccc3c(c2)OCCO3)NC(=O)N(CC(=O)Nc2sc3c(c2C(N)=O)CCCC3)C1=O. The van der Waals surface area contributed by atoms with Gasteiger partial charge in [0.2, 0.25) is 5.91 Å². The number of ether oxygens (including phenoxy) is 2. The number of anilines is 1. The zero-order valence-electron chi connectivity index (χ0n) is 18.6. The van der Waals surface area contributed by atoms with Crippen molar-refractivity contribution in [3.05, 3.63) is 39.8 Å². The summed E-state index contributed by atoms with van der Waals surface area (Å²) >= 11 is 1.33. The monoisotopic (exact) mass is 484 g/mol. The average molecular weight is 485 g/mol. The maximum Gasteiger partial charge on any atom is 0.325 e. The van der Waals surface area contributed by atoms with E-state index in [0.717, 1.165) is 41.0 Å². The number of nitrogens with two attached hydrogens (primary N) is 1. The van der Waals surface area contributed by atoms with Crippen molar-refractivity contribution >= 4 is 40.1 Å². The van der Waals surface area contributed by atoms with E-state index in [-0.39, 0.29) is 0 Å². The molecule has 0 bridgehead atoms. The molecule has 1 fully saturated rings. The second-order valence-electron chi connectivity index (χ2n) is 8.63. The molecular formula is C23H24N4O6S. The number of carbonyl (C=O) groups excluding carboxylic acids is 4. The third-order valence-corrected chi connectivity index (χ3v) is 7.57. The molecule has 34 heavy (non-hydrogen) atoms. The van der Waals surface area contributed by atoms with Crippen LogP contribution in [0.1, 0.15) is 46.1 Å². The number of thiophene rings is 1. The molecule has 0 radical (unpaired) electrons. The number of imide groups is 1. The molecule has 1 aromatic carbocycles. The molecule has 3 aliphatic rings. The molecule has 2 aromatic rings. The number of nitrogens with one attached hydrogen (secondary N) is 2. The van der Waals surface area contributed by atoms with E-state index in [0.29, 0.717) is 40.8 Å². The molecule has 178 valence electrons. The fraction of sp³-hybridized carbons (Fsp3) is 0.391. The van der Waals surface area contributed by atoms with Gasteiger partial charge in [-0.25, -0.2) is 4.79 Å². The van der Waals surface area contributed by atoms with E-state index in [9.17, 15) is 19.2 Å². The van der Waals surface area contributed by atoms with E-state index < -0.39 is 35.8 Å². The van der Waals surface area contributed by atoms with Gasteiger partial charge in [0, 0.05) is 4.88 Å². The van der Waals surface area contributed by atoms with Crippen molar-refractivity contribution in [3.63, 3.8) is 0 Å². The fourth-order valence-corrected chi connectivity index (χ4v) is 5.93. The zero-order valence-corrected chi connectivity index (χ0v) is 19.4. The van der Waals surface area contributed by atoms with Crippen LogP contribution >= 0.6 is 11.3 Å². The third-order valence-electron chi connectivity index (χ3n) is 6.37. The predicted molar refractivity (Wildman–Crippen MR) is 123 cm³/mol. The molecule has 1 saturated heterocycles. The lowest BCUT2D eigenvalue weighted by Gasteiger charge is -2.25. The average Bonchev–Trinajstić information content (AvgIpc) is 3.28. The van der Waals surface area contributed by atoms with Crippen molar-refractivity contribution in [2.24, 2.45) is 5.73 Å². The Morgan fingerprint density at radius 2 is 1.91 bits per heavy atom. The number of benzene rings is 1. The van der Waals surface area contributed by atoms with Gasteiger partial charge in [-0.05, 0) is 55.9 Å². The topological polar surface area (TPSA) is 140 Å². The van der Waals surface area contributed by atoms with Crippen molar-refractivity contribution in [1.82, 2.24) is 10.2 Å². The first kappa shape index (κ1) is 22.2. The van der Waals surface area contributed by atoms with Crippen LogP contribution in [0.2, 0.25) is 0 Å². The standard InChI is InChI=1S/C23H24N4O6S/c1-23(12-6-7-14-15(10-12)33-9-8-32-14)21(30)27(22(31)26-23)11-17(28)25-20-18(19(24)29)13-4-2-3-5-16(13)34-20/h6-7,10H,2-5,8-9,11H2,1H3,(H2,24,29)(H,25,28)(H,26,31)/t23-/m0/s1. The largest absolute Gasteiger partial charge is 0.486 e. The van der Waals surface area contributed by atoms with Crippen molar-refractivity contribution in [1.29, 1.82) is 0 Å². The molecule has 0 saturated carbocycles. The summed E-state index contributed by atoms with van der Waals surface area (Å²) in [4.78, 5) is 52.7. The van der Waals surface area contributed by atoms with Gasteiger partial charge in [-0.1, -0.05) is 6.07 Å². The number of fused-ring (bicyclic) bond motifs is 2. The number of primary amides is 1. The first-order valence-corrected chi connectivity index (χ1v) is 11.9. The number of nitrogens with zero attached hydrogens (tertiary/aromatic N) is 1. The van der Waals surface area contributed by atoms with E-state index in [1.807, 2.05) is 0 Å². The van der Waals surface area contributed by atoms with Gasteiger partial charge < -0.3 is 25.8 Å². The molecule has 11 heteroatoms. The van der Waals surface area contributed by atoms with Crippen LogP contribution in [0.4, 0.5) is 9.80 Å². The molecule has 3 heterocycles. The van der Waals surface area contributed by atoms with Crippen molar-refractivity contribution < 1.29 is 28.7 Å². The molecule has 5 rings (SSSR count). The Hall–Kier alpha value is -3.60. The lowest BCUT2D eigenvalue weighted by molar-refractivity contribution is -0.133. The highest BCUT2D eigenvalue weighted by Crippen LogP contribution is 2.39. The number of hydrogen-bond donors (Lipinski definition) is 3. The quantitative estimate of drug-likeness (QED) is 0.554. The van der Waals surface area contributed by atoms with Gasteiger partial charge in [-0.2, -0.15) is 0 Å². The van der Waals surface area contributed by atoms with Gasteiger partial charge in [-0.15, -0.1) is 11.3 Å². The highest BCUT2D eigenvalue weighted by Gasteiger charge is 2.50. The van der Waals surface area contributed by atoms with Crippen LogP contribution in [0.3, 0.4) is 0 Å². The third kappa shape index (κ3) is 3.65. The zero-order chi connectivity index (χ0) is 24.0. The molecule has 2 aliphatic heterocycles. The normalized spacial score (nSPS) is 21.1. The molecule has 0 spiro atoms. The number of amides is 5. The minimum atomic E-state index is -1.37. The van der Waals surface area contributed by atoms with Crippen LogP contribution in [0, 0.1) is 0 Å². The molecule has 0 unspecified atom stereocenters. The van der Waals surface area contributed by atoms with Crippen molar-refractivity contribution in [3.8, 4) is 11.5 Å². The Balaban J connectivity index is 1.34. The van der Waals surface area contributed by atoms with E-state index >= 15 is 0 Å². The lowest BCUT2D eigenvalue weighted by Crippen LogP contribution is -2.42. The predicted octanol–water partition coefficient (Wildman–Crippen LogP) is 1.90. The molecule has 1 aromatic heterocycles. The maximum absolute atomic E-state index is 13.2.